The fraction of sp³-hybridized carbons (Fsp3) is 0.333. The smallest absolute Gasteiger partial charge is 0.410 e. The topological polar surface area (TPSA) is 18.5 Å². The average molecular weight is 162 g/mol. The van der Waals surface area contributed by atoms with E-state index < -0.39 is 0 Å². The standard InChI is InChI=1S/C9H11BO2/c1-7-3-4-8-6-12-10(11-2)9(8)5-7/h3-5H,6H2,1-2H3. The lowest BCUT2D eigenvalue weighted by Crippen LogP contribution is -2.30. The molecule has 0 saturated heterocycles. The Kier molecular flexibility index (Phi) is 1.91. The lowest BCUT2D eigenvalue weighted by Gasteiger charge is -2.02. The van der Waals surface area contributed by atoms with Crippen LogP contribution in [0.1, 0.15) is 11.1 Å². The number of aryl methyl sites for hydroxylation is 1. The van der Waals surface area contributed by atoms with Crippen LogP contribution in [0.2, 0.25) is 0 Å². The SMILES string of the molecule is COB1OCc2ccc(C)cc21. The summed E-state index contributed by atoms with van der Waals surface area (Å²) in [5.74, 6) is 0. The molecule has 2 nitrogen and oxygen atoms in total. The van der Waals surface area contributed by atoms with Gasteiger partial charge in [0.05, 0.1) is 6.61 Å². The van der Waals surface area contributed by atoms with Crippen LogP contribution in [0.25, 0.3) is 0 Å². The molecule has 0 bridgehead atoms. The van der Waals surface area contributed by atoms with Crippen LogP contribution in [-0.4, -0.2) is 14.2 Å². The summed E-state index contributed by atoms with van der Waals surface area (Å²) in [6.45, 7) is 2.75. The Morgan fingerprint density at radius 2 is 2.33 bits per heavy atom. The Morgan fingerprint density at radius 3 is 3.08 bits per heavy atom. The van der Waals surface area contributed by atoms with Crippen LogP contribution >= 0.6 is 0 Å². The van der Waals surface area contributed by atoms with Gasteiger partial charge in [-0.25, -0.2) is 0 Å². The second kappa shape index (κ2) is 2.92. The van der Waals surface area contributed by atoms with Gasteiger partial charge in [-0.15, -0.1) is 0 Å². The van der Waals surface area contributed by atoms with Crippen molar-refractivity contribution in [1.29, 1.82) is 0 Å². The molecule has 0 spiro atoms. The van der Waals surface area contributed by atoms with E-state index in [-0.39, 0.29) is 7.12 Å². The van der Waals surface area contributed by atoms with Gasteiger partial charge >= 0.3 is 7.12 Å². The highest BCUT2D eigenvalue weighted by molar-refractivity contribution is 6.62. The van der Waals surface area contributed by atoms with Crippen LogP contribution in [0.3, 0.4) is 0 Å². The average Bonchev–Trinajstić information content (AvgIpc) is 2.46. The van der Waals surface area contributed by atoms with Crippen LogP contribution in [0.4, 0.5) is 0 Å². The zero-order valence-corrected chi connectivity index (χ0v) is 7.33. The van der Waals surface area contributed by atoms with Crippen molar-refractivity contribution in [3.05, 3.63) is 29.3 Å². The highest BCUT2D eigenvalue weighted by atomic mass is 16.6. The number of benzene rings is 1. The summed E-state index contributed by atoms with van der Waals surface area (Å²) in [6.07, 6.45) is 0. The molecule has 0 atom stereocenters. The van der Waals surface area contributed by atoms with Crippen LogP contribution in [0.15, 0.2) is 18.2 Å². The zero-order valence-electron chi connectivity index (χ0n) is 7.33. The Morgan fingerprint density at radius 1 is 1.50 bits per heavy atom. The maximum absolute atomic E-state index is 5.41. The number of hydrogen-bond donors (Lipinski definition) is 0. The van der Waals surface area contributed by atoms with Gasteiger partial charge in [-0.1, -0.05) is 23.8 Å². The Hall–Kier alpha value is -0.795. The summed E-state index contributed by atoms with van der Waals surface area (Å²) >= 11 is 0. The van der Waals surface area contributed by atoms with Gasteiger partial charge in [0.2, 0.25) is 0 Å². The lowest BCUT2D eigenvalue weighted by atomic mass is 9.78. The molecule has 0 aliphatic carbocycles. The van der Waals surface area contributed by atoms with Gasteiger partial charge in [0.1, 0.15) is 0 Å². The lowest BCUT2D eigenvalue weighted by molar-refractivity contribution is 0.245. The molecule has 1 heterocycles. The third kappa shape index (κ3) is 1.15. The van der Waals surface area contributed by atoms with E-state index in [1.54, 1.807) is 7.11 Å². The summed E-state index contributed by atoms with van der Waals surface area (Å²) < 4.78 is 10.6. The van der Waals surface area contributed by atoms with E-state index in [2.05, 4.69) is 25.1 Å². The van der Waals surface area contributed by atoms with E-state index in [0.29, 0.717) is 6.61 Å². The monoisotopic (exact) mass is 162 g/mol. The van der Waals surface area contributed by atoms with Gasteiger partial charge in [-0.05, 0) is 17.9 Å². The van der Waals surface area contributed by atoms with Crippen molar-refractivity contribution < 1.29 is 9.31 Å². The molecule has 1 aromatic carbocycles. The van der Waals surface area contributed by atoms with Crippen LogP contribution in [0.5, 0.6) is 0 Å². The third-order valence-corrected chi connectivity index (χ3v) is 2.16. The van der Waals surface area contributed by atoms with E-state index in [9.17, 15) is 0 Å². The predicted molar refractivity (Wildman–Crippen MR) is 48.4 cm³/mol. The Bertz CT molecular complexity index is 299. The van der Waals surface area contributed by atoms with E-state index >= 15 is 0 Å². The first-order valence-electron chi connectivity index (χ1n) is 4.05. The van der Waals surface area contributed by atoms with Crippen LogP contribution in [-0.2, 0) is 15.9 Å². The third-order valence-electron chi connectivity index (χ3n) is 2.16. The van der Waals surface area contributed by atoms with E-state index in [1.165, 1.54) is 16.6 Å². The van der Waals surface area contributed by atoms with Crippen molar-refractivity contribution in [1.82, 2.24) is 0 Å². The normalized spacial score (nSPS) is 15.0. The highest BCUT2D eigenvalue weighted by Gasteiger charge is 2.29. The maximum Gasteiger partial charge on any atom is 0.494 e. The van der Waals surface area contributed by atoms with E-state index in [1.807, 2.05) is 0 Å². The number of hydrogen-bond acceptors (Lipinski definition) is 2. The second-order valence-corrected chi connectivity index (χ2v) is 3.08. The van der Waals surface area contributed by atoms with Crippen molar-refractivity contribution >= 4 is 12.6 Å². The molecule has 0 radical (unpaired) electrons. The molecule has 0 aromatic heterocycles. The minimum Gasteiger partial charge on any atom is -0.410 e. The maximum atomic E-state index is 5.41. The Labute approximate surface area is 72.6 Å². The fourth-order valence-electron chi connectivity index (χ4n) is 1.52. The molecule has 2 rings (SSSR count). The molecule has 0 unspecified atom stereocenters. The molecule has 1 aliphatic heterocycles. The molecular formula is C9H11BO2. The fourth-order valence-corrected chi connectivity index (χ4v) is 1.52. The van der Waals surface area contributed by atoms with E-state index in [4.69, 9.17) is 9.31 Å². The summed E-state index contributed by atoms with van der Waals surface area (Å²) in [7, 11) is 1.52. The van der Waals surface area contributed by atoms with E-state index in [0.717, 1.165) is 0 Å². The summed E-state index contributed by atoms with van der Waals surface area (Å²) in [5, 5.41) is 0. The minimum absolute atomic E-state index is 0.153. The molecule has 1 aromatic rings. The summed E-state index contributed by atoms with van der Waals surface area (Å²) in [6, 6.07) is 6.32. The molecule has 1 aliphatic rings. The van der Waals surface area contributed by atoms with Gasteiger partial charge in [0.15, 0.2) is 0 Å². The van der Waals surface area contributed by atoms with Crippen molar-refractivity contribution in [2.45, 2.75) is 13.5 Å². The predicted octanol–water partition coefficient (Wildman–Crippen LogP) is 0.867. The molecule has 0 N–H and O–H groups in total. The second-order valence-electron chi connectivity index (χ2n) is 3.08. The first-order chi connectivity index (χ1) is 5.81. The molecule has 0 fully saturated rings. The van der Waals surface area contributed by atoms with Gasteiger partial charge in [0, 0.05) is 7.11 Å². The van der Waals surface area contributed by atoms with Crippen molar-refractivity contribution in [3.8, 4) is 0 Å². The quantitative estimate of drug-likeness (QED) is 0.570. The first-order valence-corrected chi connectivity index (χ1v) is 4.05. The summed E-state index contributed by atoms with van der Waals surface area (Å²) in [5.41, 5.74) is 3.67. The minimum atomic E-state index is -0.153. The van der Waals surface area contributed by atoms with Crippen molar-refractivity contribution in [3.63, 3.8) is 0 Å². The molecule has 12 heavy (non-hydrogen) atoms. The molecule has 3 heteroatoms. The number of rotatable bonds is 1. The van der Waals surface area contributed by atoms with Crippen molar-refractivity contribution in [2.75, 3.05) is 7.11 Å². The van der Waals surface area contributed by atoms with Crippen molar-refractivity contribution in [2.24, 2.45) is 0 Å². The Balaban J connectivity index is 2.42. The molecule has 0 saturated carbocycles. The summed E-state index contributed by atoms with van der Waals surface area (Å²) in [4.78, 5) is 0. The molecule has 0 amide bonds. The largest absolute Gasteiger partial charge is 0.494 e. The number of fused-ring (bicyclic) bond motifs is 1. The zero-order chi connectivity index (χ0) is 8.55. The van der Waals surface area contributed by atoms with Gasteiger partial charge in [-0.3, -0.25) is 0 Å². The highest BCUT2D eigenvalue weighted by Crippen LogP contribution is 2.11. The van der Waals surface area contributed by atoms with Gasteiger partial charge in [-0.2, -0.15) is 0 Å². The van der Waals surface area contributed by atoms with Gasteiger partial charge in [0.25, 0.3) is 0 Å². The van der Waals surface area contributed by atoms with Gasteiger partial charge < -0.3 is 9.31 Å². The molecule has 62 valence electrons. The van der Waals surface area contributed by atoms with Crippen LogP contribution in [0, 0.1) is 6.92 Å². The first kappa shape index (κ1) is 7.83. The van der Waals surface area contributed by atoms with Crippen LogP contribution < -0.4 is 5.46 Å². The molecular weight excluding hydrogens is 151 g/mol.